The van der Waals surface area contributed by atoms with Crippen molar-refractivity contribution in [2.45, 2.75) is 24.4 Å². The molecule has 0 fully saturated rings. The second-order valence-corrected chi connectivity index (χ2v) is 5.18. The highest BCUT2D eigenvalue weighted by Crippen LogP contribution is 2.22. The van der Waals surface area contributed by atoms with Crippen molar-refractivity contribution in [1.82, 2.24) is 0 Å². The summed E-state index contributed by atoms with van der Waals surface area (Å²) in [7, 11) is -3.29. The first-order valence-corrected chi connectivity index (χ1v) is 6.07. The molecule has 1 aromatic rings. The number of carbonyl (C=O) groups is 1. The smallest absolute Gasteiger partial charge is 0.217 e. The minimum atomic E-state index is -3.29. The van der Waals surface area contributed by atoms with Crippen LogP contribution in [0.3, 0.4) is 0 Å². The molecule has 1 aromatic heterocycles. The normalized spacial score (nSPS) is 13.9. The first kappa shape index (κ1) is 11.0. The minimum Gasteiger partial charge on any atom is -0.449 e. The standard InChI is InChI=1S/C9H12O4S/c1-7(5-6-10)8-3-4-9(13-8)14(2,11)12/h3-4,6-7H,5H2,1-2H3. The lowest BCUT2D eigenvalue weighted by Gasteiger charge is -2.01. The molecule has 0 N–H and O–H groups in total. The van der Waals surface area contributed by atoms with Gasteiger partial charge >= 0.3 is 0 Å². The molecule has 4 nitrogen and oxygen atoms in total. The maximum absolute atomic E-state index is 11.1. The number of hydrogen-bond donors (Lipinski definition) is 0. The van der Waals surface area contributed by atoms with Gasteiger partial charge in [0.25, 0.3) is 0 Å². The Balaban J connectivity index is 2.94. The van der Waals surface area contributed by atoms with Crippen molar-refractivity contribution in [2.75, 3.05) is 6.26 Å². The topological polar surface area (TPSA) is 64.3 Å². The van der Waals surface area contributed by atoms with Crippen molar-refractivity contribution in [1.29, 1.82) is 0 Å². The van der Waals surface area contributed by atoms with Gasteiger partial charge in [0.1, 0.15) is 12.0 Å². The van der Waals surface area contributed by atoms with Crippen molar-refractivity contribution >= 4 is 16.1 Å². The number of sulfone groups is 1. The van der Waals surface area contributed by atoms with Crippen molar-refractivity contribution in [3.8, 4) is 0 Å². The molecule has 0 aliphatic rings. The Labute approximate surface area is 82.8 Å². The van der Waals surface area contributed by atoms with Crippen LogP contribution in [0, 0.1) is 0 Å². The van der Waals surface area contributed by atoms with Crippen LogP contribution in [0.4, 0.5) is 0 Å². The molecular formula is C9H12O4S. The third-order valence-electron chi connectivity index (χ3n) is 1.90. The fourth-order valence-electron chi connectivity index (χ4n) is 1.06. The first-order valence-electron chi connectivity index (χ1n) is 4.18. The van der Waals surface area contributed by atoms with Gasteiger partial charge in [-0.3, -0.25) is 0 Å². The molecule has 1 unspecified atom stereocenters. The fraction of sp³-hybridized carbons (Fsp3) is 0.444. The van der Waals surface area contributed by atoms with Gasteiger partial charge in [0.05, 0.1) is 0 Å². The fourth-order valence-corrected chi connectivity index (χ4v) is 1.62. The molecular weight excluding hydrogens is 204 g/mol. The molecule has 0 aliphatic heterocycles. The van der Waals surface area contributed by atoms with E-state index in [4.69, 9.17) is 4.42 Å². The summed E-state index contributed by atoms with van der Waals surface area (Å²) < 4.78 is 27.2. The van der Waals surface area contributed by atoms with Gasteiger partial charge in [0.2, 0.25) is 14.9 Å². The molecule has 0 aromatic carbocycles. The summed E-state index contributed by atoms with van der Waals surface area (Å²) in [6.07, 6.45) is 2.20. The molecule has 1 heterocycles. The van der Waals surface area contributed by atoms with E-state index in [9.17, 15) is 13.2 Å². The SMILES string of the molecule is CC(CC=O)c1ccc(S(C)(=O)=O)o1. The van der Waals surface area contributed by atoms with Gasteiger partial charge in [-0.15, -0.1) is 0 Å². The average molecular weight is 216 g/mol. The summed E-state index contributed by atoms with van der Waals surface area (Å²) in [5.41, 5.74) is 0. The third kappa shape index (κ3) is 2.45. The van der Waals surface area contributed by atoms with Crippen molar-refractivity contribution < 1.29 is 17.6 Å². The summed E-state index contributed by atoms with van der Waals surface area (Å²) in [5.74, 6) is 0.445. The maximum atomic E-state index is 11.1. The Kier molecular flexibility index (Phi) is 3.10. The molecule has 14 heavy (non-hydrogen) atoms. The van der Waals surface area contributed by atoms with Crippen LogP contribution in [0.15, 0.2) is 21.6 Å². The van der Waals surface area contributed by atoms with Gasteiger partial charge in [-0.05, 0) is 12.1 Å². The highest BCUT2D eigenvalue weighted by atomic mass is 32.2. The second-order valence-electron chi connectivity index (χ2n) is 3.23. The van der Waals surface area contributed by atoms with E-state index in [0.717, 1.165) is 12.5 Å². The van der Waals surface area contributed by atoms with E-state index in [-0.39, 0.29) is 11.0 Å². The van der Waals surface area contributed by atoms with Gasteiger partial charge in [0, 0.05) is 18.6 Å². The summed E-state index contributed by atoms with van der Waals surface area (Å²) in [6.45, 7) is 1.80. The number of carbonyl (C=O) groups excluding carboxylic acids is 1. The van der Waals surface area contributed by atoms with E-state index >= 15 is 0 Å². The van der Waals surface area contributed by atoms with Gasteiger partial charge in [-0.1, -0.05) is 6.92 Å². The van der Waals surface area contributed by atoms with Crippen molar-refractivity contribution in [2.24, 2.45) is 0 Å². The third-order valence-corrected chi connectivity index (χ3v) is 2.85. The lowest BCUT2D eigenvalue weighted by Crippen LogP contribution is -1.95. The molecule has 0 radical (unpaired) electrons. The zero-order valence-electron chi connectivity index (χ0n) is 8.06. The lowest BCUT2D eigenvalue weighted by molar-refractivity contribution is -0.108. The Bertz CT molecular complexity index is 416. The van der Waals surface area contributed by atoms with E-state index in [1.807, 2.05) is 0 Å². The molecule has 1 atom stereocenters. The predicted molar refractivity (Wildman–Crippen MR) is 50.9 cm³/mol. The van der Waals surface area contributed by atoms with Crippen LogP contribution < -0.4 is 0 Å². The Morgan fingerprint density at radius 3 is 2.57 bits per heavy atom. The van der Waals surface area contributed by atoms with Crippen LogP contribution in [0.25, 0.3) is 0 Å². The summed E-state index contributed by atoms with van der Waals surface area (Å²) >= 11 is 0. The van der Waals surface area contributed by atoms with Gasteiger partial charge in [0.15, 0.2) is 0 Å². The first-order chi connectivity index (χ1) is 6.45. The highest BCUT2D eigenvalue weighted by Gasteiger charge is 2.15. The number of aldehydes is 1. The van der Waals surface area contributed by atoms with E-state index in [1.165, 1.54) is 6.07 Å². The summed E-state index contributed by atoms with van der Waals surface area (Å²) in [5, 5.41) is -0.0507. The van der Waals surface area contributed by atoms with Gasteiger partial charge in [-0.2, -0.15) is 0 Å². The van der Waals surface area contributed by atoms with E-state index in [2.05, 4.69) is 0 Å². The summed E-state index contributed by atoms with van der Waals surface area (Å²) in [6, 6.07) is 3.00. The van der Waals surface area contributed by atoms with Crippen LogP contribution in [0.2, 0.25) is 0 Å². The highest BCUT2D eigenvalue weighted by molar-refractivity contribution is 7.90. The van der Waals surface area contributed by atoms with Gasteiger partial charge in [-0.25, -0.2) is 8.42 Å². The number of rotatable bonds is 4. The molecule has 0 spiro atoms. The number of furan rings is 1. The van der Waals surface area contributed by atoms with E-state index < -0.39 is 9.84 Å². The lowest BCUT2D eigenvalue weighted by atomic mass is 10.1. The Morgan fingerprint density at radius 1 is 1.50 bits per heavy atom. The van der Waals surface area contributed by atoms with Crippen LogP contribution in [0.1, 0.15) is 25.0 Å². The minimum absolute atomic E-state index is 0.0507. The van der Waals surface area contributed by atoms with E-state index in [1.54, 1.807) is 13.0 Å². The van der Waals surface area contributed by atoms with Crippen LogP contribution >= 0.6 is 0 Å². The van der Waals surface area contributed by atoms with Crippen molar-refractivity contribution in [3.05, 3.63) is 17.9 Å². The predicted octanol–water partition coefficient (Wildman–Crippen LogP) is 1.38. The average Bonchev–Trinajstić information content (AvgIpc) is 2.51. The number of hydrogen-bond acceptors (Lipinski definition) is 4. The Hall–Kier alpha value is -1.10. The molecule has 78 valence electrons. The monoisotopic (exact) mass is 216 g/mol. The van der Waals surface area contributed by atoms with Crippen LogP contribution in [0.5, 0.6) is 0 Å². The van der Waals surface area contributed by atoms with Crippen molar-refractivity contribution in [3.63, 3.8) is 0 Å². The second kappa shape index (κ2) is 3.96. The molecule has 5 heteroatoms. The largest absolute Gasteiger partial charge is 0.449 e. The maximum Gasteiger partial charge on any atom is 0.217 e. The quantitative estimate of drug-likeness (QED) is 0.713. The zero-order chi connectivity index (χ0) is 10.8. The molecule has 1 rings (SSSR count). The summed E-state index contributed by atoms with van der Waals surface area (Å²) in [4.78, 5) is 10.2. The molecule has 0 saturated carbocycles. The van der Waals surface area contributed by atoms with Gasteiger partial charge < -0.3 is 9.21 Å². The zero-order valence-corrected chi connectivity index (χ0v) is 8.87. The molecule has 0 aliphatic carbocycles. The molecule has 0 bridgehead atoms. The van der Waals surface area contributed by atoms with Crippen LogP contribution in [-0.2, 0) is 14.6 Å². The Morgan fingerprint density at radius 2 is 2.14 bits per heavy atom. The molecule has 0 saturated heterocycles. The van der Waals surface area contributed by atoms with E-state index in [0.29, 0.717) is 12.2 Å². The molecule has 0 amide bonds. The van der Waals surface area contributed by atoms with Crippen LogP contribution in [-0.4, -0.2) is 21.0 Å².